The van der Waals surface area contributed by atoms with Gasteiger partial charge in [-0.2, -0.15) is 18.3 Å². The van der Waals surface area contributed by atoms with Crippen LogP contribution in [0.3, 0.4) is 0 Å². The average molecular weight is 315 g/mol. The third kappa shape index (κ3) is 2.79. The van der Waals surface area contributed by atoms with E-state index >= 15 is 0 Å². The van der Waals surface area contributed by atoms with Crippen molar-refractivity contribution in [1.29, 1.82) is 0 Å². The standard InChI is InChI=1S/C15H14ClF3N2/c1-2-11-8-14(9-3-4-9)21(20-11)13-6-5-10(16)7-12(13)15(17,18)19/h5-9H,2-4H2,1H3. The van der Waals surface area contributed by atoms with Gasteiger partial charge in [0.25, 0.3) is 0 Å². The molecule has 1 fully saturated rings. The van der Waals surface area contributed by atoms with Crippen LogP contribution in [0.1, 0.15) is 42.6 Å². The summed E-state index contributed by atoms with van der Waals surface area (Å²) in [6.07, 6.45) is -1.76. The summed E-state index contributed by atoms with van der Waals surface area (Å²) < 4.78 is 41.2. The first-order chi connectivity index (χ1) is 9.90. The van der Waals surface area contributed by atoms with Crippen LogP contribution in [0.2, 0.25) is 5.02 Å². The molecule has 0 saturated heterocycles. The molecule has 2 nitrogen and oxygen atoms in total. The third-order valence-corrected chi connectivity index (χ3v) is 3.87. The topological polar surface area (TPSA) is 17.8 Å². The van der Waals surface area contributed by atoms with Gasteiger partial charge in [0.15, 0.2) is 0 Å². The Morgan fingerprint density at radius 2 is 2.00 bits per heavy atom. The van der Waals surface area contributed by atoms with Crippen molar-refractivity contribution in [2.45, 2.75) is 38.3 Å². The van der Waals surface area contributed by atoms with E-state index in [1.165, 1.54) is 16.8 Å². The summed E-state index contributed by atoms with van der Waals surface area (Å²) in [5, 5.41) is 4.41. The molecule has 1 aromatic heterocycles. The number of benzene rings is 1. The summed E-state index contributed by atoms with van der Waals surface area (Å²) >= 11 is 5.73. The molecule has 0 aliphatic heterocycles. The normalized spacial score (nSPS) is 15.5. The summed E-state index contributed by atoms with van der Waals surface area (Å²) in [7, 11) is 0. The smallest absolute Gasteiger partial charge is 0.237 e. The lowest BCUT2D eigenvalue weighted by Crippen LogP contribution is -2.13. The lowest BCUT2D eigenvalue weighted by molar-refractivity contribution is -0.137. The molecule has 0 radical (unpaired) electrons. The lowest BCUT2D eigenvalue weighted by Gasteiger charge is -2.15. The van der Waals surface area contributed by atoms with E-state index in [-0.39, 0.29) is 10.7 Å². The van der Waals surface area contributed by atoms with Gasteiger partial charge in [0.05, 0.1) is 16.9 Å². The van der Waals surface area contributed by atoms with Gasteiger partial charge in [-0.3, -0.25) is 0 Å². The van der Waals surface area contributed by atoms with Crippen LogP contribution in [-0.2, 0) is 12.6 Å². The quantitative estimate of drug-likeness (QED) is 0.781. The molecule has 1 saturated carbocycles. The molecule has 1 heterocycles. The molecule has 1 aliphatic rings. The van der Waals surface area contributed by atoms with Gasteiger partial charge in [-0.25, -0.2) is 4.68 Å². The van der Waals surface area contributed by atoms with Crippen molar-refractivity contribution in [3.8, 4) is 5.69 Å². The number of hydrogen-bond donors (Lipinski definition) is 0. The van der Waals surface area contributed by atoms with Crippen molar-refractivity contribution in [3.63, 3.8) is 0 Å². The molecule has 0 amide bonds. The predicted octanol–water partition coefficient (Wildman–Crippen LogP) is 4.98. The fraction of sp³-hybridized carbons (Fsp3) is 0.400. The first-order valence-corrected chi connectivity index (χ1v) is 7.24. The Morgan fingerprint density at radius 3 is 2.57 bits per heavy atom. The van der Waals surface area contributed by atoms with Crippen LogP contribution >= 0.6 is 11.6 Å². The molecule has 0 spiro atoms. The third-order valence-electron chi connectivity index (χ3n) is 3.64. The molecule has 1 aromatic carbocycles. The van der Waals surface area contributed by atoms with E-state index in [2.05, 4.69) is 5.10 Å². The molecule has 6 heteroatoms. The van der Waals surface area contributed by atoms with Crippen molar-refractivity contribution in [2.24, 2.45) is 0 Å². The van der Waals surface area contributed by atoms with Crippen LogP contribution in [-0.4, -0.2) is 9.78 Å². The van der Waals surface area contributed by atoms with E-state index in [0.29, 0.717) is 12.3 Å². The molecule has 3 rings (SSSR count). The van der Waals surface area contributed by atoms with Gasteiger partial charge in [-0.1, -0.05) is 18.5 Å². The van der Waals surface area contributed by atoms with Crippen LogP contribution in [0.4, 0.5) is 13.2 Å². The van der Waals surface area contributed by atoms with Crippen LogP contribution in [0, 0.1) is 0 Å². The Bertz CT molecular complexity index is 672. The highest BCUT2D eigenvalue weighted by atomic mass is 35.5. The van der Waals surface area contributed by atoms with E-state index in [1.54, 1.807) is 0 Å². The number of aryl methyl sites for hydroxylation is 1. The van der Waals surface area contributed by atoms with Gasteiger partial charge in [-0.05, 0) is 43.5 Å². The average Bonchev–Trinajstić information content (AvgIpc) is 3.17. The summed E-state index contributed by atoms with van der Waals surface area (Å²) in [5.74, 6) is 0.314. The minimum Gasteiger partial charge on any atom is -0.237 e. The Kier molecular flexibility index (Phi) is 3.48. The summed E-state index contributed by atoms with van der Waals surface area (Å²) in [6, 6.07) is 5.73. The molecule has 0 unspecified atom stereocenters. The Morgan fingerprint density at radius 1 is 1.29 bits per heavy atom. The van der Waals surface area contributed by atoms with Crippen molar-refractivity contribution in [3.05, 3.63) is 46.2 Å². The number of nitrogens with zero attached hydrogens (tertiary/aromatic N) is 2. The van der Waals surface area contributed by atoms with Crippen LogP contribution < -0.4 is 0 Å². The zero-order chi connectivity index (χ0) is 15.2. The molecule has 112 valence electrons. The van der Waals surface area contributed by atoms with E-state index in [0.717, 1.165) is 30.3 Å². The molecule has 0 atom stereocenters. The Hall–Kier alpha value is -1.49. The van der Waals surface area contributed by atoms with E-state index < -0.39 is 11.7 Å². The number of hydrogen-bond acceptors (Lipinski definition) is 1. The predicted molar refractivity (Wildman–Crippen MR) is 74.9 cm³/mol. The molecular weight excluding hydrogens is 301 g/mol. The highest BCUT2D eigenvalue weighted by molar-refractivity contribution is 6.30. The van der Waals surface area contributed by atoms with E-state index in [9.17, 15) is 13.2 Å². The lowest BCUT2D eigenvalue weighted by atomic mass is 10.1. The van der Waals surface area contributed by atoms with Gasteiger partial charge >= 0.3 is 6.18 Å². The second-order valence-electron chi connectivity index (χ2n) is 5.26. The second kappa shape index (κ2) is 5.05. The van der Waals surface area contributed by atoms with Crippen molar-refractivity contribution in [1.82, 2.24) is 9.78 Å². The minimum atomic E-state index is -4.46. The summed E-state index contributed by atoms with van der Waals surface area (Å²) in [5.41, 5.74) is 0.968. The number of rotatable bonds is 3. The van der Waals surface area contributed by atoms with Crippen molar-refractivity contribution >= 4 is 11.6 Å². The fourth-order valence-corrected chi connectivity index (χ4v) is 2.57. The summed E-state index contributed by atoms with van der Waals surface area (Å²) in [6.45, 7) is 1.94. The highest BCUT2D eigenvalue weighted by Crippen LogP contribution is 2.43. The maximum absolute atomic E-state index is 13.3. The Labute approximate surface area is 125 Å². The van der Waals surface area contributed by atoms with E-state index in [4.69, 9.17) is 11.6 Å². The SMILES string of the molecule is CCc1cc(C2CC2)n(-c2ccc(Cl)cc2C(F)(F)F)n1. The molecular formula is C15H14ClF3N2. The monoisotopic (exact) mass is 314 g/mol. The zero-order valence-corrected chi connectivity index (χ0v) is 12.2. The molecule has 1 aliphatic carbocycles. The zero-order valence-electron chi connectivity index (χ0n) is 11.4. The van der Waals surface area contributed by atoms with Crippen LogP contribution in [0.15, 0.2) is 24.3 Å². The van der Waals surface area contributed by atoms with Gasteiger partial charge in [0, 0.05) is 16.6 Å². The van der Waals surface area contributed by atoms with Crippen LogP contribution in [0.5, 0.6) is 0 Å². The Balaban J connectivity index is 2.18. The van der Waals surface area contributed by atoms with Gasteiger partial charge in [-0.15, -0.1) is 0 Å². The molecule has 0 N–H and O–H groups in total. The highest BCUT2D eigenvalue weighted by Gasteiger charge is 2.36. The molecule has 0 bridgehead atoms. The number of aromatic nitrogens is 2. The summed E-state index contributed by atoms with van der Waals surface area (Å²) in [4.78, 5) is 0. The fourth-order valence-electron chi connectivity index (χ4n) is 2.40. The minimum absolute atomic E-state index is 0.0495. The molecule has 21 heavy (non-hydrogen) atoms. The van der Waals surface area contributed by atoms with Crippen molar-refractivity contribution < 1.29 is 13.2 Å². The van der Waals surface area contributed by atoms with Gasteiger partial charge in [0.1, 0.15) is 0 Å². The largest absolute Gasteiger partial charge is 0.418 e. The maximum Gasteiger partial charge on any atom is 0.418 e. The number of halogens is 4. The maximum atomic E-state index is 13.3. The van der Waals surface area contributed by atoms with Gasteiger partial charge in [0.2, 0.25) is 0 Å². The van der Waals surface area contributed by atoms with Gasteiger partial charge < -0.3 is 0 Å². The molecule has 2 aromatic rings. The van der Waals surface area contributed by atoms with Crippen molar-refractivity contribution in [2.75, 3.05) is 0 Å². The first-order valence-electron chi connectivity index (χ1n) is 6.86. The first kappa shape index (κ1) is 14.4. The number of alkyl halides is 3. The van der Waals surface area contributed by atoms with E-state index in [1.807, 2.05) is 13.0 Å². The second-order valence-corrected chi connectivity index (χ2v) is 5.70. The van der Waals surface area contributed by atoms with Crippen LogP contribution in [0.25, 0.3) is 5.69 Å².